The largest absolute Gasteiger partial charge is 0.484 e. The van der Waals surface area contributed by atoms with Gasteiger partial charge in [0.2, 0.25) is 11.8 Å². The molecule has 170 valence electrons. The van der Waals surface area contributed by atoms with Gasteiger partial charge in [0.05, 0.1) is 5.69 Å². The van der Waals surface area contributed by atoms with E-state index in [0.717, 1.165) is 10.6 Å². The van der Waals surface area contributed by atoms with Crippen molar-refractivity contribution in [1.82, 2.24) is 10.2 Å². The molecule has 0 radical (unpaired) electrons. The third-order valence-corrected chi connectivity index (χ3v) is 6.45. The van der Waals surface area contributed by atoms with Crippen LogP contribution in [-0.2, 0) is 20.9 Å². The van der Waals surface area contributed by atoms with Gasteiger partial charge in [0.25, 0.3) is 11.8 Å². The number of benzene rings is 2. The molecule has 1 unspecified atom stereocenters. The summed E-state index contributed by atoms with van der Waals surface area (Å²) >= 11 is 1.57. The van der Waals surface area contributed by atoms with Crippen LogP contribution in [-0.4, -0.2) is 46.9 Å². The average molecular weight is 466 g/mol. The molecule has 2 aromatic rings. The lowest BCUT2D eigenvalue weighted by Crippen LogP contribution is -2.52. The first-order valence-electron chi connectivity index (χ1n) is 10.5. The number of nitrogens with zero attached hydrogens (tertiary/aromatic N) is 1. The van der Waals surface area contributed by atoms with E-state index in [9.17, 15) is 19.2 Å². The first-order valence-corrected chi connectivity index (χ1v) is 11.5. The smallest absolute Gasteiger partial charge is 0.262 e. The number of amides is 4. The van der Waals surface area contributed by atoms with Crippen LogP contribution in [0.4, 0.5) is 5.69 Å². The van der Waals surface area contributed by atoms with Gasteiger partial charge in [-0.2, -0.15) is 0 Å². The maximum atomic E-state index is 12.8. The van der Waals surface area contributed by atoms with Gasteiger partial charge in [0.1, 0.15) is 11.8 Å². The van der Waals surface area contributed by atoms with Crippen molar-refractivity contribution in [2.24, 2.45) is 0 Å². The third kappa shape index (κ3) is 5.09. The number of nitrogens with one attached hydrogen (secondary N) is 2. The van der Waals surface area contributed by atoms with Crippen LogP contribution in [0.2, 0.25) is 0 Å². The standard InChI is InChI=1S/C24H23N3O5S/c1-2-11-33-20-6-4-3-5-18(20)25-22(29)14-32-16-7-8-17-15(12-16)13-27(24(17)31)19-9-10-21(28)26-23(19)30/h2-8,12,19H,1,9-11,13-14H2,(H,25,29)(H,26,28,30). The van der Waals surface area contributed by atoms with E-state index in [1.165, 1.54) is 4.90 Å². The number of anilines is 1. The van der Waals surface area contributed by atoms with Crippen LogP contribution >= 0.6 is 11.8 Å². The van der Waals surface area contributed by atoms with Gasteiger partial charge < -0.3 is 15.0 Å². The predicted octanol–water partition coefficient (Wildman–Crippen LogP) is 2.74. The molecule has 1 saturated heterocycles. The predicted molar refractivity (Wildman–Crippen MR) is 124 cm³/mol. The van der Waals surface area contributed by atoms with Gasteiger partial charge >= 0.3 is 0 Å². The van der Waals surface area contributed by atoms with Gasteiger partial charge in [-0.15, -0.1) is 18.3 Å². The van der Waals surface area contributed by atoms with Crippen molar-refractivity contribution in [3.05, 3.63) is 66.2 Å². The van der Waals surface area contributed by atoms with Gasteiger partial charge in [0.15, 0.2) is 6.61 Å². The van der Waals surface area contributed by atoms with E-state index < -0.39 is 11.9 Å². The topological polar surface area (TPSA) is 105 Å². The Morgan fingerprint density at radius 3 is 2.85 bits per heavy atom. The summed E-state index contributed by atoms with van der Waals surface area (Å²) in [5.74, 6) is -0.145. The Labute approximate surface area is 195 Å². The van der Waals surface area contributed by atoms with Crippen LogP contribution in [0, 0.1) is 0 Å². The van der Waals surface area contributed by atoms with Crippen LogP contribution < -0.4 is 15.4 Å². The highest BCUT2D eigenvalue weighted by molar-refractivity contribution is 7.99. The van der Waals surface area contributed by atoms with E-state index in [1.54, 1.807) is 36.0 Å². The van der Waals surface area contributed by atoms with Crippen LogP contribution in [0.15, 0.2) is 60.0 Å². The first-order chi connectivity index (χ1) is 16.0. The number of carbonyl (C=O) groups is 4. The number of para-hydroxylation sites is 1. The molecule has 2 heterocycles. The summed E-state index contributed by atoms with van der Waals surface area (Å²) in [4.78, 5) is 51.2. The van der Waals surface area contributed by atoms with Crippen LogP contribution in [0.25, 0.3) is 0 Å². The lowest BCUT2D eigenvalue weighted by Gasteiger charge is -2.29. The van der Waals surface area contributed by atoms with Crippen molar-refractivity contribution < 1.29 is 23.9 Å². The Morgan fingerprint density at radius 2 is 2.06 bits per heavy atom. The number of thioether (sulfide) groups is 1. The molecule has 8 nitrogen and oxygen atoms in total. The van der Waals surface area contributed by atoms with Crippen LogP contribution in [0.3, 0.4) is 0 Å². The van der Waals surface area contributed by atoms with Crippen LogP contribution in [0.1, 0.15) is 28.8 Å². The normalized spacial score (nSPS) is 17.4. The number of imide groups is 1. The highest BCUT2D eigenvalue weighted by Crippen LogP contribution is 2.30. The van der Waals surface area contributed by atoms with Gasteiger partial charge in [0, 0.05) is 29.2 Å². The molecule has 9 heteroatoms. The molecule has 0 spiro atoms. The van der Waals surface area contributed by atoms with E-state index in [4.69, 9.17) is 4.74 Å². The molecule has 0 saturated carbocycles. The summed E-state index contributed by atoms with van der Waals surface area (Å²) in [6, 6.07) is 11.8. The Hall–Kier alpha value is -3.59. The minimum Gasteiger partial charge on any atom is -0.484 e. The van der Waals surface area contributed by atoms with Crippen molar-refractivity contribution in [2.45, 2.75) is 30.3 Å². The number of hydrogen-bond acceptors (Lipinski definition) is 6. The van der Waals surface area contributed by atoms with E-state index in [1.807, 2.05) is 24.3 Å². The second kappa shape index (κ2) is 9.91. The minimum absolute atomic E-state index is 0.190. The first kappa shape index (κ1) is 22.6. The Bertz CT molecular complexity index is 1130. The summed E-state index contributed by atoms with van der Waals surface area (Å²) < 4.78 is 5.65. The second-order valence-corrected chi connectivity index (χ2v) is 8.71. The van der Waals surface area contributed by atoms with E-state index in [-0.39, 0.29) is 37.3 Å². The third-order valence-electron chi connectivity index (χ3n) is 5.38. The summed E-state index contributed by atoms with van der Waals surface area (Å²) in [6.07, 6.45) is 2.31. The number of rotatable bonds is 8. The highest BCUT2D eigenvalue weighted by Gasteiger charge is 2.39. The number of piperidine rings is 1. The molecule has 0 bridgehead atoms. The zero-order valence-electron chi connectivity index (χ0n) is 17.8. The molecule has 2 aromatic carbocycles. The molecule has 2 aliphatic rings. The van der Waals surface area contributed by atoms with Gasteiger partial charge in [-0.3, -0.25) is 24.5 Å². The van der Waals surface area contributed by atoms with Crippen molar-refractivity contribution in [2.75, 3.05) is 17.7 Å². The number of ether oxygens (including phenoxy) is 1. The Kier molecular flexibility index (Phi) is 6.79. The molecule has 2 N–H and O–H groups in total. The maximum absolute atomic E-state index is 12.8. The maximum Gasteiger partial charge on any atom is 0.262 e. The average Bonchev–Trinajstić information content (AvgIpc) is 3.12. The molecule has 4 rings (SSSR count). The SMILES string of the molecule is C=CCSc1ccccc1NC(=O)COc1ccc2c(c1)CN(C1CCC(=O)NC1=O)C2=O. The van der Waals surface area contributed by atoms with E-state index in [0.29, 0.717) is 29.0 Å². The zero-order chi connectivity index (χ0) is 23.4. The van der Waals surface area contributed by atoms with Crippen LogP contribution in [0.5, 0.6) is 5.75 Å². The molecule has 0 aliphatic carbocycles. The van der Waals surface area contributed by atoms with Crippen molar-refractivity contribution in [1.29, 1.82) is 0 Å². The molecule has 0 aromatic heterocycles. The van der Waals surface area contributed by atoms with Gasteiger partial charge in [-0.1, -0.05) is 18.2 Å². The molecule has 1 fully saturated rings. The number of carbonyl (C=O) groups excluding carboxylic acids is 4. The molecule has 1 atom stereocenters. The quantitative estimate of drug-likeness (QED) is 0.353. The fraction of sp³-hybridized carbons (Fsp3) is 0.250. The number of hydrogen-bond donors (Lipinski definition) is 2. The molecule has 2 aliphatic heterocycles. The van der Waals surface area contributed by atoms with Crippen molar-refractivity contribution in [3.8, 4) is 5.75 Å². The minimum atomic E-state index is -0.670. The van der Waals surface area contributed by atoms with Gasteiger partial charge in [-0.05, 0) is 42.3 Å². The second-order valence-electron chi connectivity index (χ2n) is 7.65. The zero-order valence-corrected chi connectivity index (χ0v) is 18.7. The van der Waals surface area contributed by atoms with E-state index >= 15 is 0 Å². The fourth-order valence-electron chi connectivity index (χ4n) is 3.82. The summed E-state index contributed by atoms with van der Waals surface area (Å²) in [5, 5.41) is 5.14. The van der Waals surface area contributed by atoms with Gasteiger partial charge in [-0.25, -0.2) is 0 Å². The summed E-state index contributed by atoms with van der Waals surface area (Å²) in [7, 11) is 0. The lowest BCUT2D eigenvalue weighted by molar-refractivity contribution is -0.137. The Morgan fingerprint density at radius 1 is 1.24 bits per heavy atom. The van der Waals surface area contributed by atoms with E-state index in [2.05, 4.69) is 17.2 Å². The molecule has 33 heavy (non-hydrogen) atoms. The monoisotopic (exact) mass is 465 g/mol. The fourth-order valence-corrected chi connectivity index (χ4v) is 4.57. The summed E-state index contributed by atoms with van der Waals surface area (Å²) in [5.41, 5.74) is 1.91. The molecule has 4 amide bonds. The van der Waals surface area contributed by atoms with Crippen molar-refractivity contribution >= 4 is 41.1 Å². The number of fused-ring (bicyclic) bond motifs is 1. The molecular weight excluding hydrogens is 442 g/mol. The Balaban J connectivity index is 1.37. The summed E-state index contributed by atoms with van der Waals surface area (Å²) in [6.45, 7) is 3.77. The van der Waals surface area contributed by atoms with Crippen molar-refractivity contribution in [3.63, 3.8) is 0 Å². The lowest BCUT2D eigenvalue weighted by atomic mass is 10.0. The highest BCUT2D eigenvalue weighted by atomic mass is 32.2. The molecular formula is C24H23N3O5S.